The number of hydrogen-bond donors (Lipinski definition) is 1. The van der Waals surface area contributed by atoms with E-state index in [1.807, 2.05) is 18.2 Å². The lowest BCUT2D eigenvalue weighted by molar-refractivity contribution is 0.130. The van der Waals surface area contributed by atoms with Gasteiger partial charge in [0.2, 0.25) is 5.89 Å². The summed E-state index contributed by atoms with van der Waals surface area (Å²) in [7, 11) is 1.67. The third-order valence-electron chi connectivity index (χ3n) is 5.86. The van der Waals surface area contributed by atoms with E-state index in [0.717, 1.165) is 32.1 Å². The van der Waals surface area contributed by atoms with Crippen LogP contribution in [-0.4, -0.2) is 53.4 Å². The van der Waals surface area contributed by atoms with Gasteiger partial charge < -0.3 is 19.5 Å². The molecule has 1 N–H and O–H groups in total. The molecule has 3 heterocycles. The Morgan fingerprint density at radius 1 is 1.21 bits per heavy atom. The minimum atomic E-state index is 0.0631. The minimum Gasteiger partial charge on any atom is -0.384 e. The van der Waals surface area contributed by atoms with Crippen molar-refractivity contribution in [1.29, 1.82) is 0 Å². The van der Waals surface area contributed by atoms with Gasteiger partial charge in [-0.1, -0.05) is 35.5 Å². The molecule has 2 aromatic rings. The van der Waals surface area contributed by atoms with Gasteiger partial charge >= 0.3 is 6.03 Å². The maximum atomic E-state index is 12.8. The Balaban J connectivity index is 1.31. The molecule has 1 unspecified atom stereocenters. The van der Waals surface area contributed by atoms with Crippen LogP contribution in [0.2, 0.25) is 0 Å². The number of nitrogens with one attached hydrogen (secondary N) is 1. The Hall–Kier alpha value is -2.41. The number of rotatable bonds is 7. The summed E-state index contributed by atoms with van der Waals surface area (Å²) in [4.78, 5) is 19.4. The number of piperidine rings is 1. The molecule has 1 aromatic carbocycles. The highest BCUT2D eigenvalue weighted by molar-refractivity contribution is 5.75. The lowest BCUT2D eigenvalue weighted by Gasteiger charge is -2.37. The lowest BCUT2D eigenvalue weighted by atomic mass is 9.91. The van der Waals surface area contributed by atoms with Crippen molar-refractivity contribution in [1.82, 2.24) is 20.4 Å². The zero-order valence-electron chi connectivity index (χ0n) is 16.3. The maximum Gasteiger partial charge on any atom is 0.317 e. The van der Waals surface area contributed by atoms with Gasteiger partial charge in [0, 0.05) is 38.1 Å². The third kappa shape index (κ3) is 4.19. The average molecular weight is 384 g/mol. The van der Waals surface area contributed by atoms with Gasteiger partial charge in [-0.3, -0.25) is 0 Å². The maximum absolute atomic E-state index is 12.8. The van der Waals surface area contributed by atoms with E-state index < -0.39 is 0 Å². The topological polar surface area (TPSA) is 80.5 Å². The van der Waals surface area contributed by atoms with Gasteiger partial charge in [0.1, 0.15) is 0 Å². The quantitative estimate of drug-likeness (QED) is 0.794. The smallest absolute Gasteiger partial charge is 0.317 e. The number of aromatic nitrogens is 2. The second kappa shape index (κ2) is 8.73. The molecule has 0 saturated carbocycles. The Morgan fingerprint density at radius 3 is 2.68 bits per heavy atom. The Morgan fingerprint density at radius 2 is 1.96 bits per heavy atom. The van der Waals surface area contributed by atoms with Crippen LogP contribution in [0.4, 0.5) is 4.79 Å². The number of carbonyl (C=O) groups excluding carboxylic acids is 1. The molecule has 0 spiro atoms. The largest absolute Gasteiger partial charge is 0.384 e. The average Bonchev–Trinajstić information content (AvgIpc) is 3.29. The second-order valence-electron chi connectivity index (χ2n) is 7.72. The van der Waals surface area contributed by atoms with Crippen LogP contribution < -0.4 is 5.32 Å². The molecule has 1 aromatic heterocycles. The van der Waals surface area contributed by atoms with Crippen LogP contribution in [-0.2, 0) is 17.6 Å². The van der Waals surface area contributed by atoms with E-state index in [-0.39, 0.29) is 24.0 Å². The molecule has 3 atom stereocenters. The summed E-state index contributed by atoms with van der Waals surface area (Å²) in [6.07, 6.45) is 5.42. The molecule has 2 fully saturated rings. The minimum absolute atomic E-state index is 0.0631. The fourth-order valence-corrected chi connectivity index (χ4v) is 4.49. The van der Waals surface area contributed by atoms with E-state index in [9.17, 15) is 4.79 Å². The monoisotopic (exact) mass is 384 g/mol. The molecule has 0 aliphatic carbocycles. The van der Waals surface area contributed by atoms with Crippen molar-refractivity contribution < 1.29 is 14.1 Å². The first-order chi connectivity index (χ1) is 13.7. The third-order valence-corrected chi connectivity index (χ3v) is 5.86. The van der Waals surface area contributed by atoms with Crippen molar-refractivity contribution in [3.63, 3.8) is 0 Å². The summed E-state index contributed by atoms with van der Waals surface area (Å²) in [6, 6.07) is 10.8. The molecule has 2 amide bonds. The van der Waals surface area contributed by atoms with Crippen molar-refractivity contribution in [2.24, 2.45) is 0 Å². The molecular weight excluding hydrogens is 356 g/mol. The summed E-state index contributed by atoms with van der Waals surface area (Å²) >= 11 is 0. The van der Waals surface area contributed by atoms with E-state index in [4.69, 9.17) is 9.26 Å². The van der Waals surface area contributed by atoms with Crippen molar-refractivity contribution in [2.45, 2.75) is 56.5 Å². The fourth-order valence-electron chi connectivity index (χ4n) is 4.49. The van der Waals surface area contributed by atoms with Gasteiger partial charge in [0.25, 0.3) is 0 Å². The van der Waals surface area contributed by atoms with E-state index in [2.05, 4.69) is 32.5 Å². The van der Waals surface area contributed by atoms with Gasteiger partial charge in [-0.25, -0.2) is 4.79 Å². The number of hydrogen-bond acceptors (Lipinski definition) is 5. The lowest BCUT2D eigenvalue weighted by Crippen LogP contribution is -2.50. The molecule has 28 heavy (non-hydrogen) atoms. The molecule has 0 radical (unpaired) electrons. The zero-order chi connectivity index (χ0) is 19.3. The van der Waals surface area contributed by atoms with E-state index in [0.29, 0.717) is 31.3 Å². The first kappa shape index (κ1) is 18.9. The first-order valence-electron chi connectivity index (χ1n) is 10.2. The van der Waals surface area contributed by atoms with E-state index in [1.165, 1.54) is 5.56 Å². The molecule has 2 aliphatic heterocycles. The fraction of sp³-hybridized carbons (Fsp3) is 0.571. The van der Waals surface area contributed by atoms with Crippen LogP contribution >= 0.6 is 0 Å². The van der Waals surface area contributed by atoms with Crippen molar-refractivity contribution in [2.75, 3.05) is 20.3 Å². The summed E-state index contributed by atoms with van der Waals surface area (Å²) in [6.45, 7) is 1.25. The van der Waals surface area contributed by atoms with Crippen LogP contribution in [0.5, 0.6) is 0 Å². The number of carbonyl (C=O) groups is 1. The molecule has 4 rings (SSSR count). The molecule has 7 nitrogen and oxygen atoms in total. The Kier molecular flexibility index (Phi) is 5.90. The van der Waals surface area contributed by atoms with Gasteiger partial charge in [-0.15, -0.1) is 0 Å². The summed E-state index contributed by atoms with van der Waals surface area (Å²) < 4.78 is 10.6. The highest BCUT2D eigenvalue weighted by Crippen LogP contribution is 2.42. The predicted molar refractivity (Wildman–Crippen MR) is 104 cm³/mol. The second-order valence-corrected chi connectivity index (χ2v) is 7.72. The Bertz CT molecular complexity index is 765. The number of nitrogens with zero attached hydrogens (tertiary/aromatic N) is 3. The molecule has 150 valence electrons. The van der Waals surface area contributed by atoms with Gasteiger partial charge in [-0.2, -0.15) is 4.98 Å². The van der Waals surface area contributed by atoms with E-state index in [1.54, 1.807) is 7.11 Å². The van der Waals surface area contributed by atoms with Gasteiger partial charge in [0.15, 0.2) is 5.82 Å². The zero-order valence-corrected chi connectivity index (χ0v) is 16.3. The number of amides is 2. The van der Waals surface area contributed by atoms with Crippen LogP contribution in [0, 0.1) is 0 Å². The van der Waals surface area contributed by atoms with Gasteiger partial charge in [0.05, 0.1) is 6.61 Å². The number of methoxy groups -OCH3 is 1. The van der Waals surface area contributed by atoms with Crippen molar-refractivity contribution in [3.8, 4) is 0 Å². The Labute approximate surface area is 165 Å². The van der Waals surface area contributed by atoms with Gasteiger partial charge in [-0.05, 0) is 37.7 Å². The summed E-state index contributed by atoms with van der Waals surface area (Å²) in [5, 5.41) is 7.17. The molecule has 7 heteroatoms. The molecular formula is C21H28N4O3. The van der Waals surface area contributed by atoms with Crippen LogP contribution in [0.25, 0.3) is 0 Å². The molecule has 2 bridgehead atoms. The number of urea groups is 1. The summed E-state index contributed by atoms with van der Waals surface area (Å²) in [5.74, 6) is 1.66. The summed E-state index contributed by atoms with van der Waals surface area (Å²) in [5.41, 5.74) is 1.24. The van der Waals surface area contributed by atoms with Crippen LogP contribution in [0.3, 0.4) is 0 Å². The highest BCUT2D eigenvalue weighted by atomic mass is 16.5. The van der Waals surface area contributed by atoms with Crippen LogP contribution in [0.1, 0.15) is 48.9 Å². The SMILES string of the molecule is COCCc1noc(C2C[C@H]3CC[C@@H](C2)N3C(=O)NCCc2ccccc2)n1. The standard InChI is InChI=1S/C21H28N4O3/c1-27-12-10-19-23-20(28-24-19)16-13-17-7-8-18(14-16)25(17)21(26)22-11-9-15-5-3-2-4-6-15/h2-6,16-18H,7-14H2,1H3,(H,22,26)/t16?,17-,18+. The first-order valence-corrected chi connectivity index (χ1v) is 10.2. The van der Waals surface area contributed by atoms with Crippen LogP contribution in [0.15, 0.2) is 34.9 Å². The highest BCUT2D eigenvalue weighted by Gasteiger charge is 2.45. The normalized spacial score (nSPS) is 23.8. The van der Waals surface area contributed by atoms with Crippen molar-refractivity contribution in [3.05, 3.63) is 47.6 Å². The number of ether oxygens (including phenoxy) is 1. The van der Waals surface area contributed by atoms with E-state index >= 15 is 0 Å². The predicted octanol–water partition coefficient (Wildman–Crippen LogP) is 2.92. The number of fused-ring (bicyclic) bond motifs is 2. The molecule has 2 aliphatic rings. The number of benzene rings is 1. The van der Waals surface area contributed by atoms with Crippen molar-refractivity contribution >= 4 is 6.03 Å². The molecule has 2 saturated heterocycles.